The van der Waals surface area contributed by atoms with Crippen LogP contribution in [-0.2, 0) is 19.2 Å². The number of aliphatic hydroxyl groups excluding tert-OH is 3. The minimum absolute atomic E-state index is 0.543. The van der Waals surface area contributed by atoms with Gasteiger partial charge in [0.15, 0.2) is 0 Å². The van der Waals surface area contributed by atoms with Gasteiger partial charge in [-0.2, -0.15) is 0 Å². The van der Waals surface area contributed by atoms with Crippen molar-refractivity contribution in [3.63, 3.8) is 0 Å². The number of hydrogen-bond acceptors (Lipinski definition) is 10. The van der Waals surface area contributed by atoms with Crippen LogP contribution in [0.4, 0.5) is 0 Å². The third-order valence-corrected chi connectivity index (χ3v) is 3.88. The summed E-state index contributed by atoms with van der Waals surface area (Å²) < 4.78 is 0. The van der Waals surface area contributed by atoms with E-state index in [9.17, 15) is 39.6 Å². The molecule has 0 saturated carbocycles. The highest BCUT2D eigenvalue weighted by Gasteiger charge is 2.46. The van der Waals surface area contributed by atoms with Gasteiger partial charge in [0.05, 0.1) is 45.0 Å². The van der Waals surface area contributed by atoms with Crippen LogP contribution in [0.25, 0.3) is 0 Å². The quantitative estimate of drug-likeness (QED) is 0.126. The lowest BCUT2D eigenvalue weighted by molar-refractivity contribution is -0.156. The van der Waals surface area contributed by atoms with Crippen molar-refractivity contribution in [3.8, 4) is 0 Å². The van der Waals surface area contributed by atoms with Gasteiger partial charge in [-0.1, -0.05) is 0 Å². The molecule has 0 heterocycles. The average molecular weight is 411 g/mol. The minimum Gasteiger partial charge on any atom is -0.480 e. The Morgan fingerprint density at radius 1 is 0.821 bits per heavy atom. The number of nitrogens with two attached hydrogens (primary N) is 1. The summed E-state index contributed by atoms with van der Waals surface area (Å²) >= 11 is 0. The molecular formula is C14H25N3O11. The minimum atomic E-state index is -2.21. The fourth-order valence-corrected chi connectivity index (χ4v) is 2.66. The van der Waals surface area contributed by atoms with Crippen molar-refractivity contribution in [2.24, 2.45) is 5.73 Å². The van der Waals surface area contributed by atoms with Crippen LogP contribution in [-0.4, -0.2) is 133 Å². The van der Waals surface area contributed by atoms with Crippen molar-refractivity contribution >= 4 is 23.9 Å². The van der Waals surface area contributed by atoms with E-state index in [1.807, 2.05) is 0 Å². The molecule has 2 unspecified atom stereocenters. The Morgan fingerprint density at radius 2 is 1.25 bits per heavy atom. The molecule has 0 aromatic rings. The van der Waals surface area contributed by atoms with Crippen LogP contribution in [0.5, 0.6) is 0 Å². The number of carboxylic acids is 4. The summed E-state index contributed by atoms with van der Waals surface area (Å²) in [7, 11) is 0. The Morgan fingerprint density at radius 3 is 1.54 bits per heavy atom. The standard InChI is InChI=1S/C14H25N3O11/c15-14(6-19,7-20)12(13(27)28)17(4-11(25)26)8(5-18)1-16(2-9(21)22)3-10(23)24/h8,12,18-20H,1-7,15H2,(H,21,22)(H,23,24)(H,25,26)(H,27,28). The Bertz CT molecular complexity index is 551. The van der Waals surface area contributed by atoms with Gasteiger partial charge in [-0.05, 0) is 0 Å². The van der Waals surface area contributed by atoms with Crippen molar-refractivity contribution in [1.82, 2.24) is 9.80 Å². The number of hydrogen-bond donors (Lipinski definition) is 8. The molecule has 0 aromatic heterocycles. The van der Waals surface area contributed by atoms with Crippen molar-refractivity contribution < 1.29 is 54.9 Å². The lowest BCUT2D eigenvalue weighted by Crippen LogP contribution is -2.69. The summed E-state index contributed by atoms with van der Waals surface area (Å²) in [5.41, 5.74) is 3.50. The molecule has 0 spiro atoms. The molecule has 14 heteroatoms. The first-order chi connectivity index (χ1) is 12.9. The van der Waals surface area contributed by atoms with Crippen LogP contribution in [0.1, 0.15) is 0 Å². The maximum atomic E-state index is 11.7. The molecule has 0 aromatic carbocycles. The molecule has 0 amide bonds. The number of nitrogens with zero attached hydrogens (tertiary/aromatic N) is 2. The van der Waals surface area contributed by atoms with Gasteiger partial charge in [0.2, 0.25) is 0 Å². The van der Waals surface area contributed by atoms with Gasteiger partial charge in [-0.25, -0.2) is 0 Å². The van der Waals surface area contributed by atoms with E-state index in [-0.39, 0.29) is 0 Å². The second kappa shape index (κ2) is 11.5. The third-order valence-electron chi connectivity index (χ3n) is 3.88. The highest BCUT2D eigenvalue weighted by atomic mass is 16.4. The Hall–Kier alpha value is -2.36. The van der Waals surface area contributed by atoms with Gasteiger partial charge in [-0.15, -0.1) is 0 Å². The topological polar surface area (TPSA) is 242 Å². The summed E-state index contributed by atoms with van der Waals surface area (Å²) in [6, 6.07) is -3.39. The summed E-state index contributed by atoms with van der Waals surface area (Å²) in [5, 5.41) is 64.9. The first-order valence-electron chi connectivity index (χ1n) is 7.89. The Labute approximate surface area is 159 Å². The fraction of sp³-hybridized carbons (Fsp3) is 0.714. The maximum Gasteiger partial charge on any atom is 0.323 e. The maximum absolute atomic E-state index is 11.7. The number of aliphatic carboxylic acids is 4. The van der Waals surface area contributed by atoms with Crippen molar-refractivity contribution in [3.05, 3.63) is 0 Å². The van der Waals surface area contributed by atoms with Crippen LogP contribution >= 0.6 is 0 Å². The number of aliphatic hydroxyl groups is 3. The predicted octanol–water partition coefficient (Wildman–Crippen LogP) is -4.66. The Balaban J connectivity index is 6.00. The molecule has 0 radical (unpaired) electrons. The van der Waals surface area contributed by atoms with E-state index in [0.717, 1.165) is 4.90 Å². The smallest absolute Gasteiger partial charge is 0.323 e. The normalized spacial score (nSPS) is 14.1. The molecule has 0 saturated heterocycles. The van der Waals surface area contributed by atoms with Crippen LogP contribution in [0.2, 0.25) is 0 Å². The Kier molecular flexibility index (Phi) is 10.5. The highest BCUT2D eigenvalue weighted by Crippen LogP contribution is 2.18. The van der Waals surface area contributed by atoms with Crippen molar-refractivity contribution in [1.29, 1.82) is 0 Å². The summed E-state index contributed by atoms with van der Waals surface area (Å²) in [4.78, 5) is 46.3. The number of carbonyl (C=O) groups is 4. The van der Waals surface area contributed by atoms with Crippen LogP contribution in [0, 0.1) is 0 Å². The largest absolute Gasteiger partial charge is 0.480 e. The zero-order valence-corrected chi connectivity index (χ0v) is 14.8. The monoisotopic (exact) mass is 411 g/mol. The predicted molar refractivity (Wildman–Crippen MR) is 89.4 cm³/mol. The number of rotatable bonds is 15. The molecule has 0 fully saturated rings. The van der Waals surface area contributed by atoms with Crippen molar-refractivity contribution in [2.75, 3.05) is 46.0 Å². The molecular weight excluding hydrogens is 386 g/mol. The highest BCUT2D eigenvalue weighted by molar-refractivity contribution is 5.77. The van der Waals surface area contributed by atoms with Crippen molar-refractivity contribution in [2.45, 2.75) is 17.6 Å². The summed E-state index contributed by atoms with van der Waals surface area (Å²) in [5.74, 6) is -6.06. The molecule has 2 atom stereocenters. The second-order valence-electron chi connectivity index (χ2n) is 6.15. The lowest BCUT2D eigenvalue weighted by Gasteiger charge is -2.42. The molecule has 162 valence electrons. The number of carboxylic acid groups (broad SMARTS) is 4. The molecule has 9 N–H and O–H groups in total. The third kappa shape index (κ3) is 7.71. The second-order valence-corrected chi connectivity index (χ2v) is 6.15. The van der Waals surface area contributed by atoms with Gasteiger partial charge >= 0.3 is 23.9 Å². The molecule has 14 nitrogen and oxygen atoms in total. The summed E-state index contributed by atoms with van der Waals surface area (Å²) in [6.07, 6.45) is 0. The molecule has 0 bridgehead atoms. The van der Waals surface area contributed by atoms with Crippen LogP contribution < -0.4 is 5.73 Å². The fourth-order valence-electron chi connectivity index (χ4n) is 2.66. The van der Waals surface area contributed by atoms with E-state index >= 15 is 0 Å². The van der Waals surface area contributed by atoms with Gasteiger partial charge in [0.25, 0.3) is 0 Å². The van der Waals surface area contributed by atoms with Gasteiger partial charge in [-0.3, -0.25) is 29.0 Å². The van der Waals surface area contributed by atoms with Gasteiger partial charge < -0.3 is 41.5 Å². The van der Waals surface area contributed by atoms with E-state index in [2.05, 4.69) is 0 Å². The van der Waals surface area contributed by atoms with Crippen LogP contribution in [0.3, 0.4) is 0 Å². The van der Waals surface area contributed by atoms with Crippen LogP contribution in [0.15, 0.2) is 0 Å². The van der Waals surface area contributed by atoms with E-state index in [0.29, 0.717) is 4.90 Å². The van der Waals surface area contributed by atoms with Gasteiger partial charge in [0.1, 0.15) is 6.04 Å². The van der Waals surface area contributed by atoms with Gasteiger partial charge in [0, 0.05) is 12.6 Å². The zero-order valence-electron chi connectivity index (χ0n) is 14.8. The first-order valence-corrected chi connectivity index (χ1v) is 7.89. The van der Waals surface area contributed by atoms with E-state index in [1.165, 1.54) is 0 Å². The van der Waals surface area contributed by atoms with E-state index in [1.54, 1.807) is 0 Å². The molecule has 0 rings (SSSR count). The van der Waals surface area contributed by atoms with E-state index in [4.69, 9.17) is 21.1 Å². The lowest BCUT2D eigenvalue weighted by atomic mass is 9.90. The average Bonchev–Trinajstić information content (AvgIpc) is 2.56. The first kappa shape index (κ1) is 25.6. The zero-order chi connectivity index (χ0) is 22.1. The molecule has 0 aliphatic rings. The molecule has 28 heavy (non-hydrogen) atoms. The summed E-state index contributed by atoms with van der Waals surface area (Å²) in [6.45, 7) is -6.11. The molecule has 0 aliphatic carbocycles. The molecule has 0 aliphatic heterocycles. The van der Waals surface area contributed by atoms with E-state index < -0.39 is 87.5 Å². The SMILES string of the molecule is NC(CO)(CO)C(C(=O)O)N(CC(=O)O)C(CO)CN(CC(=O)O)CC(=O)O.